The maximum Gasteiger partial charge on any atom is 0.123 e. The van der Waals surface area contributed by atoms with Gasteiger partial charge in [0, 0.05) is 12.2 Å². The third-order valence-electron chi connectivity index (χ3n) is 3.56. The number of hydrogen-bond acceptors (Lipinski definition) is 3. The zero-order chi connectivity index (χ0) is 15.7. The van der Waals surface area contributed by atoms with Gasteiger partial charge in [-0.05, 0) is 50.0 Å². The first-order valence-corrected chi connectivity index (χ1v) is 7.79. The van der Waals surface area contributed by atoms with Gasteiger partial charge in [-0.2, -0.15) is 0 Å². The number of hydrogen-bond donors (Lipinski definition) is 2. The molecule has 0 aliphatic carbocycles. The Kier molecular flexibility index (Phi) is 7.91. The summed E-state index contributed by atoms with van der Waals surface area (Å²) in [5.41, 5.74) is 2.53. The summed E-state index contributed by atoms with van der Waals surface area (Å²) in [7, 11) is 0. The number of aliphatic hydroxyl groups excluding tert-OH is 1. The fourth-order valence-corrected chi connectivity index (χ4v) is 2.27. The number of ether oxygens (including phenoxy) is 1. The van der Waals surface area contributed by atoms with Crippen molar-refractivity contribution in [1.29, 1.82) is 0 Å². The van der Waals surface area contributed by atoms with E-state index in [2.05, 4.69) is 6.58 Å². The second-order valence-electron chi connectivity index (χ2n) is 5.61. The Morgan fingerprint density at radius 3 is 2.33 bits per heavy atom. The molecule has 1 aromatic carbocycles. The molecular formula is C18H28O3. The Balaban J connectivity index is 2.35. The summed E-state index contributed by atoms with van der Waals surface area (Å²) < 4.78 is 5.82. The molecule has 0 heterocycles. The predicted molar refractivity (Wildman–Crippen MR) is 87.8 cm³/mol. The summed E-state index contributed by atoms with van der Waals surface area (Å²) >= 11 is 0. The van der Waals surface area contributed by atoms with E-state index in [1.807, 2.05) is 19.9 Å². The van der Waals surface area contributed by atoms with E-state index in [9.17, 15) is 5.11 Å². The Morgan fingerprint density at radius 1 is 1.10 bits per heavy atom. The molecule has 0 unspecified atom stereocenters. The van der Waals surface area contributed by atoms with Crippen LogP contribution in [0.5, 0.6) is 11.5 Å². The number of aliphatic hydroxyl groups is 1. The van der Waals surface area contributed by atoms with E-state index >= 15 is 0 Å². The van der Waals surface area contributed by atoms with Crippen LogP contribution in [-0.2, 0) is 0 Å². The van der Waals surface area contributed by atoms with Gasteiger partial charge in [0.2, 0.25) is 0 Å². The van der Waals surface area contributed by atoms with Gasteiger partial charge in [0.05, 0.1) is 6.61 Å². The lowest BCUT2D eigenvalue weighted by Gasteiger charge is -2.12. The number of allylic oxidation sites excluding steroid dienone is 1. The van der Waals surface area contributed by atoms with Crippen molar-refractivity contribution in [2.24, 2.45) is 0 Å². The van der Waals surface area contributed by atoms with Crippen LogP contribution < -0.4 is 4.74 Å². The van der Waals surface area contributed by atoms with Crippen molar-refractivity contribution in [3.05, 3.63) is 29.8 Å². The summed E-state index contributed by atoms with van der Waals surface area (Å²) in [4.78, 5) is 0. The van der Waals surface area contributed by atoms with Gasteiger partial charge in [-0.15, -0.1) is 0 Å². The average molecular weight is 292 g/mol. The molecule has 3 nitrogen and oxygen atoms in total. The molecule has 0 fully saturated rings. The molecule has 0 saturated carbocycles. The summed E-state index contributed by atoms with van der Waals surface area (Å²) in [5.74, 6) is 1.09. The summed E-state index contributed by atoms with van der Waals surface area (Å²) in [5, 5.41) is 18.6. The molecule has 0 aliphatic heterocycles. The molecule has 0 atom stereocenters. The maximum absolute atomic E-state index is 9.86. The van der Waals surface area contributed by atoms with Crippen LogP contribution in [0, 0.1) is 6.92 Å². The molecular weight excluding hydrogens is 264 g/mol. The fourth-order valence-electron chi connectivity index (χ4n) is 2.27. The minimum atomic E-state index is 0.260. The van der Waals surface area contributed by atoms with Crippen LogP contribution in [0.25, 0.3) is 5.57 Å². The molecule has 2 N–H and O–H groups in total. The van der Waals surface area contributed by atoms with Gasteiger partial charge >= 0.3 is 0 Å². The summed E-state index contributed by atoms with van der Waals surface area (Å²) in [6.07, 6.45) is 6.56. The normalized spacial score (nSPS) is 10.6. The van der Waals surface area contributed by atoms with Crippen LogP contribution >= 0.6 is 0 Å². The molecule has 118 valence electrons. The average Bonchev–Trinajstić information content (AvgIpc) is 2.43. The molecule has 0 bridgehead atoms. The molecule has 0 radical (unpaired) electrons. The lowest BCUT2D eigenvalue weighted by atomic mass is 10.0. The molecule has 1 rings (SSSR count). The van der Waals surface area contributed by atoms with Gasteiger partial charge in [-0.3, -0.25) is 0 Å². The highest BCUT2D eigenvalue weighted by atomic mass is 16.5. The van der Waals surface area contributed by atoms with Gasteiger partial charge < -0.3 is 14.9 Å². The van der Waals surface area contributed by atoms with Crippen molar-refractivity contribution in [1.82, 2.24) is 0 Å². The second-order valence-corrected chi connectivity index (χ2v) is 5.61. The standard InChI is InChI=1S/C18H28O3/c1-14(2)16-13-18(15(3)12-17(16)20)21-11-9-7-5-4-6-8-10-19/h12-13,19-20H,1,4-11H2,2-3H3. The van der Waals surface area contributed by atoms with Crippen LogP contribution in [-0.4, -0.2) is 23.4 Å². The van der Waals surface area contributed by atoms with Crippen LogP contribution in [0.15, 0.2) is 18.7 Å². The number of unbranched alkanes of at least 4 members (excludes halogenated alkanes) is 5. The monoisotopic (exact) mass is 292 g/mol. The molecule has 0 amide bonds. The quantitative estimate of drug-likeness (QED) is 0.627. The van der Waals surface area contributed by atoms with Crippen LogP contribution in [0.4, 0.5) is 0 Å². The van der Waals surface area contributed by atoms with Gasteiger partial charge in [-0.25, -0.2) is 0 Å². The Labute approximate surface area is 128 Å². The number of aromatic hydroxyl groups is 1. The van der Waals surface area contributed by atoms with Crippen molar-refractivity contribution in [3.63, 3.8) is 0 Å². The van der Waals surface area contributed by atoms with Crippen LogP contribution in [0.1, 0.15) is 56.6 Å². The predicted octanol–water partition coefficient (Wildman–Crippen LogP) is 4.45. The van der Waals surface area contributed by atoms with Crippen molar-refractivity contribution in [2.75, 3.05) is 13.2 Å². The SMILES string of the molecule is C=C(C)c1cc(OCCCCCCCCO)c(C)cc1O. The third-order valence-corrected chi connectivity index (χ3v) is 3.56. The van der Waals surface area contributed by atoms with E-state index in [1.165, 1.54) is 12.8 Å². The van der Waals surface area contributed by atoms with E-state index in [-0.39, 0.29) is 5.75 Å². The van der Waals surface area contributed by atoms with Crippen LogP contribution in [0.3, 0.4) is 0 Å². The highest BCUT2D eigenvalue weighted by Crippen LogP contribution is 2.31. The molecule has 21 heavy (non-hydrogen) atoms. The zero-order valence-electron chi connectivity index (χ0n) is 13.3. The Hall–Kier alpha value is -1.48. The minimum Gasteiger partial charge on any atom is -0.507 e. The van der Waals surface area contributed by atoms with Crippen molar-refractivity contribution in [3.8, 4) is 11.5 Å². The largest absolute Gasteiger partial charge is 0.507 e. The van der Waals surface area contributed by atoms with Crippen molar-refractivity contribution < 1.29 is 14.9 Å². The molecule has 1 aromatic rings. The zero-order valence-corrected chi connectivity index (χ0v) is 13.3. The van der Waals surface area contributed by atoms with Crippen molar-refractivity contribution in [2.45, 2.75) is 52.4 Å². The Bertz CT molecular complexity index is 452. The third kappa shape index (κ3) is 6.21. The van der Waals surface area contributed by atoms with E-state index < -0.39 is 0 Å². The highest BCUT2D eigenvalue weighted by molar-refractivity contribution is 5.69. The first kappa shape index (κ1) is 17.6. The van der Waals surface area contributed by atoms with E-state index in [0.717, 1.165) is 48.1 Å². The molecule has 0 aromatic heterocycles. The topological polar surface area (TPSA) is 49.7 Å². The summed E-state index contributed by atoms with van der Waals surface area (Å²) in [6, 6.07) is 3.60. The highest BCUT2D eigenvalue weighted by Gasteiger charge is 2.08. The number of benzene rings is 1. The van der Waals surface area contributed by atoms with Gasteiger partial charge in [0.15, 0.2) is 0 Å². The lowest BCUT2D eigenvalue weighted by Crippen LogP contribution is -2.00. The number of phenolic OH excluding ortho intramolecular Hbond substituents is 1. The van der Waals surface area contributed by atoms with Gasteiger partial charge in [0.25, 0.3) is 0 Å². The molecule has 0 saturated heterocycles. The number of rotatable bonds is 10. The first-order valence-electron chi connectivity index (χ1n) is 7.79. The smallest absolute Gasteiger partial charge is 0.123 e. The van der Waals surface area contributed by atoms with Gasteiger partial charge in [0.1, 0.15) is 11.5 Å². The van der Waals surface area contributed by atoms with Crippen molar-refractivity contribution >= 4 is 5.57 Å². The fraction of sp³-hybridized carbons (Fsp3) is 0.556. The second kappa shape index (κ2) is 9.46. The molecule has 0 aliphatic rings. The maximum atomic E-state index is 9.86. The minimum absolute atomic E-state index is 0.260. The molecule has 3 heteroatoms. The van der Waals surface area contributed by atoms with Crippen LogP contribution in [0.2, 0.25) is 0 Å². The van der Waals surface area contributed by atoms with E-state index in [0.29, 0.717) is 13.2 Å². The molecule has 0 spiro atoms. The Morgan fingerprint density at radius 2 is 1.71 bits per heavy atom. The number of aryl methyl sites for hydroxylation is 1. The van der Waals surface area contributed by atoms with Gasteiger partial charge in [-0.1, -0.05) is 32.3 Å². The summed E-state index contributed by atoms with van der Waals surface area (Å²) in [6.45, 7) is 8.68. The first-order chi connectivity index (χ1) is 10.1. The number of phenols is 1. The van der Waals surface area contributed by atoms with E-state index in [4.69, 9.17) is 9.84 Å². The lowest BCUT2D eigenvalue weighted by molar-refractivity contribution is 0.280. The van der Waals surface area contributed by atoms with E-state index in [1.54, 1.807) is 6.07 Å².